The number of benzene rings is 1. The average Bonchev–Trinajstić information content (AvgIpc) is 3.16. The van der Waals surface area contributed by atoms with Gasteiger partial charge in [-0.3, -0.25) is 4.79 Å². The number of aromatic nitrogens is 4. The lowest BCUT2D eigenvalue weighted by atomic mass is 10.1. The van der Waals surface area contributed by atoms with E-state index in [1.807, 2.05) is 44.4 Å². The van der Waals surface area contributed by atoms with Crippen molar-refractivity contribution in [3.63, 3.8) is 0 Å². The van der Waals surface area contributed by atoms with E-state index in [-0.39, 0.29) is 5.91 Å². The molecule has 2 aromatic heterocycles. The van der Waals surface area contributed by atoms with Gasteiger partial charge in [0.05, 0.1) is 5.56 Å². The summed E-state index contributed by atoms with van der Waals surface area (Å²) in [6.45, 7) is 3.92. The molecule has 2 heterocycles. The second-order valence-corrected chi connectivity index (χ2v) is 6.99. The van der Waals surface area contributed by atoms with Gasteiger partial charge >= 0.3 is 0 Å². The van der Waals surface area contributed by atoms with Crippen LogP contribution in [0.3, 0.4) is 0 Å². The van der Waals surface area contributed by atoms with Gasteiger partial charge in [0.2, 0.25) is 0 Å². The lowest BCUT2D eigenvalue weighted by Gasteiger charge is -2.08. The highest BCUT2D eigenvalue weighted by Crippen LogP contribution is 2.31. The molecule has 0 spiro atoms. The van der Waals surface area contributed by atoms with Gasteiger partial charge in [0, 0.05) is 15.5 Å². The predicted octanol–water partition coefficient (Wildman–Crippen LogP) is 3.31. The second-order valence-electron chi connectivity index (χ2n) is 4.90. The first-order valence-electron chi connectivity index (χ1n) is 6.89. The van der Waals surface area contributed by atoms with Crippen LogP contribution in [-0.2, 0) is 0 Å². The summed E-state index contributed by atoms with van der Waals surface area (Å²) in [5, 5.41) is 14.9. The van der Waals surface area contributed by atoms with Crippen molar-refractivity contribution in [2.24, 2.45) is 0 Å². The van der Waals surface area contributed by atoms with E-state index in [1.165, 1.54) is 22.3 Å². The summed E-state index contributed by atoms with van der Waals surface area (Å²) in [7, 11) is 0. The first-order valence-corrected chi connectivity index (χ1v) is 8.93. The number of amides is 1. The van der Waals surface area contributed by atoms with Crippen molar-refractivity contribution in [2.75, 3.05) is 11.6 Å². The molecule has 0 fully saturated rings. The Balaban J connectivity index is 1.96. The molecule has 0 radical (unpaired) electrons. The fourth-order valence-electron chi connectivity index (χ4n) is 2.19. The van der Waals surface area contributed by atoms with Gasteiger partial charge in [-0.2, -0.15) is 4.68 Å². The molecule has 23 heavy (non-hydrogen) atoms. The SMILES string of the molecule is CSc1cccc(NC(=O)c2c(-n3cnnn3)sc(C)c2C)c1. The molecule has 1 N–H and O–H groups in total. The molecule has 3 aromatic rings. The van der Waals surface area contributed by atoms with Crippen LogP contribution in [0.5, 0.6) is 0 Å². The molecule has 8 heteroatoms. The van der Waals surface area contributed by atoms with Crippen LogP contribution in [0, 0.1) is 13.8 Å². The van der Waals surface area contributed by atoms with Gasteiger partial charge in [-0.05, 0) is 54.3 Å². The molecule has 0 atom stereocenters. The molecular formula is C15H15N5OS2. The maximum absolute atomic E-state index is 12.8. The van der Waals surface area contributed by atoms with Gasteiger partial charge in [0.25, 0.3) is 5.91 Å². The normalized spacial score (nSPS) is 10.7. The van der Waals surface area contributed by atoms with Crippen LogP contribution in [-0.4, -0.2) is 32.4 Å². The van der Waals surface area contributed by atoms with E-state index in [1.54, 1.807) is 11.8 Å². The highest BCUT2D eigenvalue weighted by Gasteiger charge is 2.21. The zero-order valence-electron chi connectivity index (χ0n) is 12.9. The van der Waals surface area contributed by atoms with Crippen molar-refractivity contribution in [1.82, 2.24) is 20.2 Å². The highest BCUT2D eigenvalue weighted by atomic mass is 32.2. The first-order chi connectivity index (χ1) is 11.1. The Labute approximate surface area is 141 Å². The van der Waals surface area contributed by atoms with Gasteiger partial charge in [-0.25, -0.2) is 0 Å². The smallest absolute Gasteiger partial charge is 0.259 e. The zero-order valence-corrected chi connectivity index (χ0v) is 14.5. The van der Waals surface area contributed by atoms with E-state index in [4.69, 9.17) is 0 Å². The van der Waals surface area contributed by atoms with Crippen LogP contribution in [0.15, 0.2) is 35.5 Å². The zero-order chi connectivity index (χ0) is 16.4. The molecule has 0 aliphatic carbocycles. The quantitative estimate of drug-likeness (QED) is 0.734. The molecule has 1 amide bonds. The summed E-state index contributed by atoms with van der Waals surface area (Å²) in [6, 6.07) is 7.76. The highest BCUT2D eigenvalue weighted by molar-refractivity contribution is 7.98. The molecule has 0 unspecified atom stereocenters. The molecule has 118 valence electrons. The van der Waals surface area contributed by atoms with Crippen molar-refractivity contribution < 1.29 is 4.79 Å². The van der Waals surface area contributed by atoms with Crippen LogP contribution in [0.2, 0.25) is 0 Å². The maximum Gasteiger partial charge on any atom is 0.259 e. The third-order valence-corrected chi connectivity index (χ3v) is 5.40. The van der Waals surface area contributed by atoms with Gasteiger partial charge in [0.1, 0.15) is 11.3 Å². The van der Waals surface area contributed by atoms with E-state index in [0.717, 1.165) is 26.0 Å². The van der Waals surface area contributed by atoms with E-state index >= 15 is 0 Å². The van der Waals surface area contributed by atoms with E-state index < -0.39 is 0 Å². The summed E-state index contributed by atoms with van der Waals surface area (Å²) in [6.07, 6.45) is 3.50. The Bertz CT molecular complexity index is 842. The van der Waals surface area contributed by atoms with Crippen LogP contribution in [0.4, 0.5) is 5.69 Å². The van der Waals surface area contributed by atoms with Gasteiger partial charge in [-0.1, -0.05) is 6.07 Å². The number of nitrogens with one attached hydrogen (secondary N) is 1. The topological polar surface area (TPSA) is 72.7 Å². The fraction of sp³-hybridized carbons (Fsp3) is 0.200. The number of tetrazole rings is 1. The lowest BCUT2D eigenvalue weighted by molar-refractivity contribution is 0.102. The van der Waals surface area contributed by atoms with Crippen molar-refractivity contribution in [2.45, 2.75) is 18.7 Å². The second kappa shape index (κ2) is 6.51. The third-order valence-electron chi connectivity index (χ3n) is 3.48. The number of aryl methyl sites for hydroxylation is 1. The Morgan fingerprint density at radius 1 is 1.35 bits per heavy atom. The number of hydrogen-bond donors (Lipinski definition) is 1. The van der Waals surface area contributed by atoms with E-state index in [2.05, 4.69) is 20.8 Å². The molecule has 0 saturated heterocycles. The monoisotopic (exact) mass is 345 g/mol. The summed E-state index contributed by atoms with van der Waals surface area (Å²) in [5.74, 6) is -0.157. The van der Waals surface area contributed by atoms with Crippen LogP contribution in [0.1, 0.15) is 20.8 Å². The Kier molecular flexibility index (Phi) is 4.44. The van der Waals surface area contributed by atoms with Crippen LogP contribution >= 0.6 is 23.1 Å². The number of carbonyl (C=O) groups is 1. The number of nitrogens with zero attached hydrogens (tertiary/aromatic N) is 4. The van der Waals surface area contributed by atoms with Gasteiger partial charge in [0.15, 0.2) is 0 Å². The fourth-order valence-corrected chi connectivity index (χ4v) is 3.72. The van der Waals surface area contributed by atoms with Crippen LogP contribution in [0.25, 0.3) is 5.00 Å². The number of hydrogen-bond acceptors (Lipinski definition) is 6. The minimum absolute atomic E-state index is 0.157. The maximum atomic E-state index is 12.8. The van der Waals surface area contributed by atoms with Gasteiger partial charge in [-0.15, -0.1) is 28.2 Å². The molecule has 6 nitrogen and oxygen atoms in total. The summed E-state index contributed by atoms with van der Waals surface area (Å²) >= 11 is 3.14. The number of thiophene rings is 1. The largest absolute Gasteiger partial charge is 0.322 e. The number of carbonyl (C=O) groups excluding carboxylic acids is 1. The molecular weight excluding hydrogens is 330 g/mol. The molecule has 0 aliphatic rings. The van der Waals surface area contributed by atoms with E-state index in [9.17, 15) is 4.79 Å². The first kappa shape index (κ1) is 15.7. The summed E-state index contributed by atoms with van der Waals surface area (Å²) in [4.78, 5) is 14.9. The summed E-state index contributed by atoms with van der Waals surface area (Å²) in [5.41, 5.74) is 2.32. The van der Waals surface area contributed by atoms with E-state index in [0.29, 0.717) is 5.56 Å². The average molecular weight is 345 g/mol. The minimum atomic E-state index is -0.157. The standard InChI is InChI=1S/C15H15N5OS2/c1-9-10(2)23-15(20-8-16-18-19-20)13(9)14(21)17-11-5-4-6-12(7-11)22-3/h4-8H,1-3H3,(H,17,21). The molecule has 0 saturated carbocycles. The van der Waals surface area contributed by atoms with Gasteiger partial charge < -0.3 is 5.32 Å². The van der Waals surface area contributed by atoms with Crippen molar-refractivity contribution in [3.8, 4) is 5.00 Å². The molecule has 3 rings (SSSR count). The Morgan fingerprint density at radius 2 is 2.17 bits per heavy atom. The van der Waals surface area contributed by atoms with Crippen LogP contribution < -0.4 is 5.32 Å². The Hall–Kier alpha value is -2.19. The molecule has 0 aliphatic heterocycles. The minimum Gasteiger partial charge on any atom is -0.322 e. The predicted molar refractivity (Wildman–Crippen MR) is 92.7 cm³/mol. The lowest BCUT2D eigenvalue weighted by Crippen LogP contribution is -2.15. The number of anilines is 1. The summed E-state index contributed by atoms with van der Waals surface area (Å²) < 4.78 is 1.53. The molecule has 1 aromatic carbocycles. The van der Waals surface area contributed by atoms with Crippen molar-refractivity contribution in [1.29, 1.82) is 0 Å². The number of rotatable bonds is 4. The third kappa shape index (κ3) is 3.13. The molecule has 0 bridgehead atoms. The Morgan fingerprint density at radius 3 is 2.87 bits per heavy atom. The van der Waals surface area contributed by atoms with Crippen molar-refractivity contribution >= 4 is 34.7 Å². The number of thioether (sulfide) groups is 1. The van der Waals surface area contributed by atoms with Crippen molar-refractivity contribution in [3.05, 3.63) is 46.6 Å².